The molecular weight excluding hydrogens is 306 g/mol. The molecule has 0 aromatic carbocycles. The second-order valence-corrected chi connectivity index (χ2v) is 7.49. The van der Waals surface area contributed by atoms with E-state index in [4.69, 9.17) is 0 Å². The molecule has 1 aliphatic heterocycles. The summed E-state index contributed by atoms with van der Waals surface area (Å²) in [6, 6.07) is 5.06. The number of likely N-dealkylation sites (tertiary alicyclic amines) is 1. The number of aromatic amines is 1. The van der Waals surface area contributed by atoms with Gasteiger partial charge in [0.25, 0.3) is 11.5 Å². The van der Waals surface area contributed by atoms with Crippen molar-refractivity contribution in [2.75, 3.05) is 13.1 Å². The Balaban J connectivity index is 1.60. The van der Waals surface area contributed by atoms with Crippen molar-refractivity contribution in [2.45, 2.75) is 39.7 Å². The summed E-state index contributed by atoms with van der Waals surface area (Å²) in [6.07, 6.45) is 0. The maximum atomic E-state index is 12.4. The van der Waals surface area contributed by atoms with Gasteiger partial charge in [-0.15, -0.1) is 0 Å². The molecule has 7 heteroatoms. The number of H-pyrrole nitrogens is 1. The fourth-order valence-electron chi connectivity index (χ4n) is 2.75. The summed E-state index contributed by atoms with van der Waals surface area (Å²) in [5.74, 6) is 0.185. The molecule has 0 radical (unpaired) electrons. The lowest BCUT2D eigenvalue weighted by Crippen LogP contribution is -2.52. The van der Waals surface area contributed by atoms with E-state index in [1.807, 2.05) is 13.0 Å². The predicted molar refractivity (Wildman–Crippen MR) is 89.9 cm³/mol. The lowest BCUT2D eigenvalue weighted by atomic mass is 9.92. The molecule has 0 atom stereocenters. The van der Waals surface area contributed by atoms with Gasteiger partial charge in [-0.25, -0.2) is 4.68 Å². The van der Waals surface area contributed by atoms with Crippen LogP contribution in [0.15, 0.2) is 23.0 Å². The maximum Gasteiger partial charge on any atom is 0.274 e. The highest BCUT2D eigenvalue weighted by Crippen LogP contribution is 2.23. The zero-order chi connectivity index (χ0) is 17.5. The van der Waals surface area contributed by atoms with Crippen LogP contribution in [0, 0.1) is 12.8 Å². The zero-order valence-corrected chi connectivity index (χ0v) is 14.5. The minimum atomic E-state index is -0.104. The molecule has 0 saturated carbocycles. The monoisotopic (exact) mass is 329 g/mol. The van der Waals surface area contributed by atoms with Crippen LogP contribution in [0.2, 0.25) is 0 Å². The molecule has 2 aromatic rings. The van der Waals surface area contributed by atoms with Gasteiger partial charge in [0.15, 0.2) is 0 Å². The van der Waals surface area contributed by atoms with E-state index in [1.165, 1.54) is 10.7 Å². The molecule has 128 valence electrons. The molecule has 0 unspecified atom stereocenters. The first kappa shape index (κ1) is 16.4. The molecule has 3 rings (SSSR count). The van der Waals surface area contributed by atoms with E-state index in [9.17, 15) is 9.59 Å². The van der Waals surface area contributed by atoms with E-state index in [0.717, 1.165) is 11.4 Å². The highest BCUT2D eigenvalue weighted by atomic mass is 16.2. The van der Waals surface area contributed by atoms with E-state index in [-0.39, 0.29) is 22.8 Å². The van der Waals surface area contributed by atoms with Crippen LogP contribution in [0.5, 0.6) is 0 Å². The molecule has 3 heterocycles. The van der Waals surface area contributed by atoms with Crippen LogP contribution >= 0.6 is 0 Å². The summed E-state index contributed by atoms with van der Waals surface area (Å²) in [5.41, 5.74) is 2.03. The van der Waals surface area contributed by atoms with Gasteiger partial charge in [0.1, 0.15) is 5.69 Å². The second-order valence-electron chi connectivity index (χ2n) is 7.49. The van der Waals surface area contributed by atoms with Crippen LogP contribution in [-0.4, -0.2) is 43.9 Å². The normalized spacial score (nSPS) is 15.4. The van der Waals surface area contributed by atoms with Crippen LogP contribution in [0.3, 0.4) is 0 Å². The summed E-state index contributed by atoms with van der Waals surface area (Å²) in [7, 11) is 0. The first-order chi connectivity index (χ1) is 11.2. The highest BCUT2D eigenvalue weighted by Gasteiger charge is 2.33. The fraction of sp³-hybridized carbons (Fsp3) is 0.529. The van der Waals surface area contributed by atoms with Gasteiger partial charge >= 0.3 is 0 Å². The van der Waals surface area contributed by atoms with Crippen LogP contribution in [-0.2, 0) is 12.0 Å². The van der Waals surface area contributed by atoms with E-state index in [2.05, 4.69) is 36.1 Å². The van der Waals surface area contributed by atoms with Crippen molar-refractivity contribution in [2.24, 2.45) is 5.92 Å². The molecule has 0 aliphatic carbocycles. The molecule has 1 N–H and O–H groups in total. The number of nitrogens with zero attached hydrogens (tertiary/aromatic N) is 4. The van der Waals surface area contributed by atoms with Gasteiger partial charge in [-0.3, -0.25) is 14.7 Å². The Morgan fingerprint density at radius 3 is 2.67 bits per heavy atom. The smallest absolute Gasteiger partial charge is 0.274 e. The number of nitrogens with one attached hydrogen (secondary N) is 1. The van der Waals surface area contributed by atoms with Crippen molar-refractivity contribution in [1.29, 1.82) is 0 Å². The zero-order valence-electron chi connectivity index (χ0n) is 14.5. The Labute approximate surface area is 140 Å². The topological polar surface area (TPSA) is 83.9 Å². The van der Waals surface area contributed by atoms with Crippen molar-refractivity contribution in [3.63, 3.8) is 0 Å². The number of aryl methyl sites for hydroxylation is 1. The van der Waals surface area contributed by atoms with Gasteiger partial charge in [0.2, 0.25) is 0 Å². The quantitative estimate of drug-likeness (QED) is 0.921. The first-order valence-corrected chi connectivity index (χ1v) is 8.14. The predicted octanol–water partition coefficient (Wildman–Crippen LogP) is 1.34. The number of carbonyl (C=O) groups excluding carboxylic acids is 1. The minimum absolute atomic E-state index is 0.0671. The van der Waals surface area contributed by atoms with Crippen molar-refractivity contribution in [1.82, 2.24) is 24.9 Å². The van der Waals surface area contributed by atoms with Crippen molar-refractivity contribution < 1.29 is 4.79 Å². The van der Waals surface area contributed by atoms with E-state index in [0.29, 0.717) is 25.3 Å². The van der Waals surface area contributed by atoms with E-state index < -0.39 is 0 Å². The number of carbonyl (C=O) groups is 1. The second kappa shape index (κ2) is 5.89. The Morgan fingerprint density at radius 1 is 1.33 bits per heavy atom. The van der Waals surface area contributed by atoms with Crippen molar-refractivity contribution in [3.05, 3.63) is 45.6 Å². The Morgan fingerprint density at radius 2 is 2.04 bits per heavy atom. The molecule has 24 heavy (non-hydrogen) atoms. The maximum absolute atomic E-state index is 12.4. The molecule has 1 saturated heterocycles. The Hall–Kier alpha value is -2.44. The fourth-order valence-corrected chi connectivity index (χ4v) is 2.75. The lowest BCUT2D eigenvalue weighted by molar-refractivity contribution is 0.0452. The van der Waals surface area contributed by atoms with Gasteiger partial charge in [0, 0.05) is 36.2 Å². The minimum Gasteiger partial charge on any atom is -0.336 e. The standard InChI is InChI=1S/C17H23N5O2/c1-11-5-6-15(23)22(20-11)10-12-8-21(9-12)16(24)13-7-14(19-18-13)17(2,3)4/h5-7,12H,8-10H2,1-4H3,(H,18,19). The summed E-state index contributed by atoms with van der Waals surface area (Å²) in [4.78, 5) is 26.0. The molecule has 0 bridgehead atoms. The molecule has 1 amide bonds. The summed E-state index contributed by atoms with van der Waals surface area (Å²) >= 11 is 0. The van der Waals surface area contributed by atoms with Crippen LogP contribution < -0.4 is 5.56 Å². The summed E-state index contributed by atoms with van der Waals surface area (Å²) in [5, 5.41) is 11.3. The molecule has 7 nitrogen and oxygen atoms in total. The summed E-state index contributed by atoms with van der Waals surface area (Å²) in [6.45, 7) is 9.86. The molecule has 1 fully saturated rings. The third-order valence-corrected chi connectivity index (χ3v) is 4.28. The third-order valence-electron chi connectivity index (χ3n) is 4.28. The highest BCUT2D eigenvalue weighted by molar-refractivity contribution is 5.93. The molecule has 0 spiro atoms. The SMILES string of the molecule is Cc1ccc(=O)n(CC2CN(C(=O)c3cc(C(C)(C)C)[nH]n3)C2)n1. The molecule has 2 aromatic heterocycles. The van der Waals surface area contributed by atoms with Crippen LogP contribution in [0.1, 0.15) is 42.6 Å². The lowest BCUT2D eigenvalue weighted by Gasteiger charge is -2.38. The van der Waals surface area contributed by atoms with E-state index >= 15 is 0 Å². The number of hydrogen-bond acceptors (Lipinski definition) is 4. The van der Waals surface area contributed by atoms with Gasteiger partial charge in [0.05, 0.1) is 12.2 Å². The first-order valence-electron chi connectivity index (χ1n) is 8.14. The van der Waals surface area contributed by atoms with Crippen LogP contribution in [0.25, 0.3) is 0 Å². The average Bonchev–Trinajstić information content (AvgIpc) is 2.95. The summed E-state index contributed by atoms with van der Waals surface area (Å²) < 4.78 is 1.48. The van der Waals surface area contributed by atoms with Gasteiger partial charge < -0.3 is 4.90 Å². The van der Waals surface area contributed by atoms with Gasteiger partial charge in [-0.1, -0.05) is 20.8 Å². The number of aromatic nitrogens is 4. The number of amides is 1. The number of rotatable bonds is 3. The van der Waals surface area contributed by atoms with Crippen LogP contribution in [0.4, 0.5) is 0 Å². The van der Waals surface area contributed by atoms with E-state index in [1.54, 1.807) is 11.0 Å². The van der Waals surface area contributed by atoms with Gasteiger partial charge in [-0.2, -0.15) is 10.2 Å². The largest absolute Gasteiger partial charge is 0.336 e. The Kier molecular flexibility index (Phi) is 4.03. The Bertz CT molecular complexity index is 809. The third kappa shape index (κ3) is 3.25. The van der Waals surface area contributed by atoms with Gasteiger partial charge in [-0.05, 0) is 19.1 Å². The van der Waals surface area contributed by atoms with Crippen molar-refractivity contribution >= 4 is 5.91 Å². The molecule has 1 aliphatic rings. The number of hydrogen-bond donors (Lipinski definition) is 1. The average molecular weight is 329 g/mol. The van der Waals surface area contributed by atoms with Crippen molar-refractivity contribution in [3.8, 4) is 0 Å². The molecular formula is C17H23N5O2.